The number of ether oxygens (including phenoxy) is 2. The highest BCUT2D eigenvalue weighted by molar-refractivity contribution is 6.32. The molecule has 126 valence electrons. The van der Waals surface area contributed by atoms with Gasteiger partial charge in [0.05, 0.1) is 22.5 Å². The monoisotopic (exact) mass is 347 g/mol. The smallest absolute Gasteiger partial charge is 0.254 e. The van der Waals surface area contributed by atoms with E-state index in [9.17, 15) is 4.79 Å². The average Bonchev–Trinajstić information content (AvgIpc) is 3.31. The summed E-state index contributed by atoms with van der Waals surface area (Å²) in [5.41, 5.74) is 2.60. The molecular weight excluding hydrogens is 330 g/mol. The maximum absolute atomic E-state index is 12.3. The van der Waals surface area contributed by atoms with Crippen LogP contribution in [0.1, 0.15) is 40.4 Å². The number of hydrogen-bond acceptors (Lipinski definition) is 4. The number of fused-ring (bicyclic) bond motifs is 1. The first-order valence-corrected chi connectivity index (χ1v) is 8.49. The van der Waals surface area contributed by atoms with Gasteiger partial charge in [0.15, 0.2) is 11.5 Å². The molecule has 24 heavy (non-hydrogen) atoms. The van der Waals surface area contributed by atoms with E-state index in [4.69, 9.17) is 21.1 Å². The lowest BCUT2D eigenvalue weighted by atomic mass is 10.1. The lowest BCUT2D eigenvalue weighted by Gasteiger charge is -2.20. The fourth-order valence-corrected chi connectivity index (χ4v) is 3.17. The number of rotatable bonds is 5. The predicted octanol–water partition coefficient (Wildman–Crippen LogP) is 2.68. The molecular formula is C17H18ClN3O3. The second kappa shape index (κ2) is 6.36. The molecule has 2 aromatic rings. The van der Waals surface area contributed by atoms with Gasteiger partial charge in [0.2, 0.25) is 0 Å². The van der Waals surface area contributed by atoms with Gasteiger partial charge < -0.3 is 14.8 Å². The van der Waals surface area contributed by atoms with Crippen LogP contribution >= 0.6 is 11.6 Å². The number of halogens is 1. The molecule has 2 aliphatic rings. The van der Waals surface area contributed by atoms with E-state index in [2.05, 4.69) is 15.5 Å². The number of carbonyl (C=O) groups excluding carboxylic acids is 1. The SMILES string of the molecule is O=C(NCCc1cc(Cl)c2c(c1)OCCO2)c1cn[nH]c1C1CC1. The maximum Gasteiger partial charge on any atom is 0.254 e. The zero-order valence-corrected chi connectivity index (χ0v) is 13.9. The topological polar surface area (TPSA) is 76.2 Å². The van der Waals surface area contributed by atoms with E-state index in [1.54, 1.807) is 6.20 Å². The molecule has 1 aromatic carbocycles. The molecule has 0 spiro atoms. The lowest BCUT2D eigenvalue weighted by Crippen LogP contribution is -2.26. The van der Waals surface area contributed by atoms with Crippen LogP contribution in [0.5, 0.6) is 11.5 Å². The third kappa shape index (κ3) is 3.06. The van der Waals surface area contributed by atoms with Crippen molar-refractivity contribution in [3.05, 3.63) is 40.2 Å². The minimum absolute atomic E-state index is 0.0886. The van der Waals surface area contributed by atoms with Crippen molar-refractivity contribution in [2.45, 2.75) is 25.2 Å². The highest BCUT2D eigenvalue weighted by Crippen LogP contribution is 2.40. The van der Waals surface area contributed by atoms with E-state index in [0.717, 1.165) is 24.1 Å². The summed E-state index contributed by atoms with van der Waals surface area (Å²) >= 11 is 6.23. The highest BCUT2D eigenvalue weighted by Gasteiger charge is 2.29. The molecule has 0 radical (unpaired) electrons. The number of amides is 1. The molecule has 4 rings (SSSR count). The predicted molar refractivity (Wildman–Crippen MR) is 89.0 cm³/mol. The first kappa shape index (κ1) is 15.3. The molecule has 2 heterocycles. The Morgan fingerprint density at radius 3 is 3.00 bits per heavy atom. The third-order valence-corrected chi connectivity index (χ3v) is 4.54. The van der Waals surface area contributed by atoms with Gasteiger partial charge in [0.1, 0.15) is 13.2 Å². The number of hydrogen-bond donors (Lipinski definition) is 2. The molecule has 1 aliphatic heterocycles. The number of benzene rings is 1. The summed E-state index contributed by atoms with van der Waals surface area (Å²) in [7, 11) is 0. The van der Waals surface area contributed by atoms with Gasteiger partial charge in [0, 0.05) is 12.5 Å². The van der Waals surface area contributed by atoms with Crippen LogP contribution in [-0.2, 0) is 6.42 Å². The molecule has 7 heteroatoms. The van der Waals surface area contributed by atoms with Gasteiger partial charge in [-0.2, -0.15) is 5.10 Å². The van der Waals surface area contributed by atoms with Gasteiger partial charge in [-0.3, -0.25) is 9.89 Å². The number of aromatic nitrogens is 2. The van der Waals surface area contributed by atoms with Gasteiger partial charge in [-0.05, 0) is 37.0 Å². The summed E-state index contributed by atoms with van der Waals surface area (Å²) in [5.74, 6) is 1.64. The van der Waals surface area contributed by atoms with E-state index in [-0.39, 0.29) is 5.91 Å². The number of nitrogens with one attached hydrogen (secondary N) is 2. The quantitative estimate of drug-likeness (QED) is 0.871. The van der Waals surface area contributed by atoms with Gasteiger partial charge >= 0.3 is 0 Å². The largest absolute Gasteiger partial charge is 0.486 e. The second-order valence-corrected chi connectivity index (χ2v) is 6.49. The molecule has 6 nitrogen and oxygen atoms in total. The van der Waals surface area contributed by atoms with Crippen LogP contribution in [-0.4, -0.2) is 35.9 Å². The average molecular weight is 348 g/mol. The van der Waals surface area contributed by atoms with Crippen LogP contribution in [0.15, 0.2) is 18.3 Å². The summed E-state index contributed by atoms with van der Waals surface area (Å²) in [5, 5.41) is 10.4. The van der Waals surface area contributed by atoms with Gasteiger partial charge in [-0.1, -0.05) is 11.6 Å². The minimum Gasteiger partial charge on any atom is -0.486 e. The second-order valence-electron chi connectivity index (χ2n) is 6.08. The van der Waals surface area contributed by atoms with Crippen LogP contribution in [0, 0.1) is 0 Å². The third-order valence-electron chi connectivity index (χ3n) is 4.25. The summed E-state index contributed by atoms with van der Waals surface area (Å²) in [6.45, 7) is 1.55. The van der Waals surface area contributed by atoms with E-state index < -0.39 is 0 Å². The molecule has 0 atom stereocenters. The molecule has 0 saturated heterocycles. The zero-order chi connectivity index (χ0) is 16.5. The Bertz CT molecular complexity index is 770. The Labute approximate surface area is 144 Å². The normalized spacial score (nSPS) is 16.0. The summed E-state index contributed by atoms with van der Waals surface area (Å²) in [4.78, 5) is 12.3. The number of nitrogens with zero attached hydrogens (tertiary/aromatic N) is 1. The van der Waals surface area contributed by atoms with Crippen LogP contribution in [0.2, 0.25) is 5.02 Å². The van der Waals surface area contributed by atoms with Crippen LogP contribution in [0.3, 0.4) is 0 Å². The molecule has 1 saturated carbocycles. The molecule has 2 N–H and O–H groups in total. The molecule has 1 fully saturated rings. The Morgan fingerprint density at radius 1 is 1.33 bits per heavy atom. The molecule has 0 bridgehead atoms. The standard InChI is InChI=1S/C17H18ClN3O3/c18-13-7-10(8-14-16(13)24-6-5-23-14)3-4-19-17(22)12-9-20-21-15(12)11-1-2-11/h7-9,11H,1-6H2,(H,19,22)(H,20,21). The Hall–Kier alpha value is -2.21. The molecule has 0 unspecified atom stereocenters. The van der Waals surface area contributed by atoms with E-state index in [0.29, 0.717) is 54.2 Å². The van der Waals surface area contributed by atoms with Crippen molar-refractivity contribution >= 4 is 17.5 Å². The Kier molecular flexibility index (Phi) is 4.06. The summed E-state index contributed by atoms with van der Waals surface area (Å²) in [6.07, 6.45) is 4.51. The van der Waals surface area contributed by atoms with Crippen LogP contribution < -0.4 is 14.8 Å². The molecule has 1 aromatic heterocycles. The maximum atomic E-state index is 12.3. The molecule has 1 aliphatic carbocycles. The fraction of sp³-hybridized carbons (Fsp3) is 0.412. The van der Waals surface area contributed by atoms with Crippen molar-refractivity contribution in [2.75, 3.05) is 19.8 Å². The minimum atomic E-state index is -0.0886. The summed E-state index contributed by atoms with van der Waals surface area (Å²) < 4.78 is 11.1. The van der Waals surface area contributed by atoms with Crippen molar-refractivity contribution in [1.29, 1.82) is 0 Å². The van der Waals surface area contributed by atoms with E-state index in [1.807, 2.05) is 12.1 Å². The zero-order valence-electron chi connectivity index (χ0n) is 13.1. The van der Waals surface area contributed by atoms with Crippen molar-refractivity contribution in [2.24, 2.45) is 0 Å². The first-order valence-electron chi connectivity index (χ1n) is 8.12. The van der Waals surface area contributed by atoms with Crippen LogP contribution in [0.4, 0.5) is 0 Å². The van der Waals surface area contributed by atoms with Crippen molar-refractivity contribution in [3.63, 3.8) is 0 Å². The van der Waals surface area contributed by atoms with Crippen molar-refractivity contribution in [3.8, 4) is 11.5 Å². The number of H-pyrrole nitrogens is 1. The fourth-order valence-electron chi connectivity index (χ4n) is 2.88. The van der Waals surface area contributed by atoms with Crippen molar-refractivity contribution < 1.29 is 14.3 Å². The summed E-state index contributed by atoms with van der Waals surface area (Å²) in [6, 6.07) is 3.77. The molecule has 1 amide bonds. The number of aromatic amines is 1. The van der Waals surface area contributed by atoms with Crippen LogP contribution in [0.25, 0.3) is 0 Å². The van der Waals surface area contributed by atoms with Crippen molar-refractivity contribution in [1.82, 2.24) is 15.5 Å². The lowest BCUT2D eigenvalue weighted by molar-refractivity contribution is 0.0953. The number of carbonyl (C=O) groups is 1. The first-order chi connectivity index (χ1) is 11.7. The van der Waals surface area contributed by atoms with Gasteiger partial charge in [-0.15, -0.1) is 0 Å². The van der Waals surface area contributed by atoms with Gasteiger partial charge in [0.25, 0.3) is 5.91 Å². The highest BCUT2D eigenvalue weighted by atomic mass is 35.5. The van der Waals surface area contributed by atoms with Gasteiger partial charge in [-0.25, -0.2) is 0 Å². The van der Waals surface area contributed by atoms with E-state index >= 15 is 0 Å². The van der Waals surface area contributed by atoms with E-state index in [1.165, 1.54) is 0 Å². The Balaban J connectivity index is 1.38. The Morgan fingerprint density at radius 2 is 2.17 bits per heavy atom.